The van der Waals surface area contributed by atoms with Gasteiger partial charge in [-0.15, -0.1) is 5.10 Å². The first-order valence-corrected chi connectivity index (χ1v) is 15.4. The lowest BCUT2D eigenvalue weighted by Gasteiger charge is -2.28. The number of benzene rings is 3. The van der Waals surface area contributed by atoms with Crippen molar-refractivity contribution in [3.63, 3.8) is 0 Å². The van der Waals surface area contributed by atoms with Crippen LogP contribution in [0.1, 0.15) is 29.7 Å². The zero-order valence-electron chi connectivity index (χ0n) is 22.6. The van der Waals surface area contributed by atoms with Gasteiger partial charge in [0.25, 0.3) is 0 Å². The van der Waals surface area contributed by atoms with Crippen LogP contribution in [-0.2, 0) is 21.9 Å². The highest BCUT2D eigenvalue weighted by Gasteiger charge is 2.36. The molecule has 13 heteroatoms. The Hall–Kier alpha value is -2.89. The molecule has 1 aliphatic rings. The van der Waals surface area contributed by atoms with Crippen LogP contribution in [0.4, 0.5) is 5.95 Å². The number of halogens is 4. The van der Waals surface area contributed by atoms with E-state index >= 15 is 0 Å². The number of carbonyl (C=O) groups excluding carboxylic acids is 1. The van der Waals surface area contributed by atoms with Crippen LogP contribution in [-0.4, -0.2) is 35.0 Å². The lowest BCUT2D eigenvalue weighted by molar-refractivity contribution is -0.136. The van der Waals surface area contributed by atoms with E-state index in [0.29, 0.717) is 64.7 Å². The lowest BCUT2D eigenvalue weighted by Crippen LogP contribution is -2.29. The summed E-state index contributed by atoms with van der Waals surface area (Å²) >= 11 is 23.8. The molecule has 0 amide bonds. The van der Waals surface area contributed by atoms with Gasteiger partial charge in [0.2, 0.25) is 11.1 Å². The van der Waals surface area contributed by atoms with Gasteiger partial charge in [-0.25, -0.2) is 9.48 Å². The molecule has 0 saturated carbocycles. The Balaban J connectivity index is 1.50. The number of aromatic nitrogens is 3. The maximum Gasteiger partial charge on any atom is 0.338 e. The molecule has 0 aliphatic carbocycles. The van der Waals surface area contributed by atoms with Crippen LogP contribution in [0.2, 0.25) is 15.1 Å². The molecule has 218 valence electrons. The predicted octanol–water partition coefficient (Wildman–Crippen LogP) is 8.34. The molecule has 0 bridgehead atoms. The highest BCUT2D eigenvalue weighted by atomic mass is 79.9. The van der Waals surface area contributed by atoms with E-state index in [1.165, 1.54) is 18.9 Å². The molecule has 1 aromatic heterocycles. The molecule has 5 rings (SSSR count). The molecule has 1 atom stereocenters. The normalized spacial score (nSPS) is 14.3. The number of nitrogens with zero attached hydrogens (tertiary/aromatic N) is 3. The number of ether oxygens (including phenoxy) is 3. The molecule has 0 saturated heterocycles. The summed E-state index contributed by atoms with van der Waals surface area (Å²) in [5, 5.41) is 10.2. The van der Waals surface area contributed by atoms with E-state index in [1.54, 1.807) is 43.0 Å². The first kappa shape index (κ1) is 30.6. The molecule has 1 aliphatic heterocycles. The summed E-state index contributed by atoms with van der Waals surface area (Å²) in [6.07, 6.45) is 0. The van der Waals surface area contributed by atoms with Gasteiger partial charge in [-0.3, -0.25) is 0 Å². The van der Waals surface area contributed by atoms with E-state index in [9.17, 15) is 4.79 Å². The van der Waals surface area contributed by atoms with Crippen LogP contribution >= 0.6 is 62.5 Å². The highest BCUT2D eigenvalue weighted by Crippen LogP contribution is 2.44. The second-order valence-electron chi connectivity index (χ2n) is 9.16. The third-order valence-corrected chi connectivity index (χ3v) is 8.94. The number of allylic oxidation sites excluding steroid dienone is 1. The van der Waals surface area contributed by atoms with Gasteiger partial charge in [0.05, 0.1) is 24.3 Å². The number of rotatable bonds is 9. The molecule has 4 aromatic rings. The number of hydrogen-bond donors (Lipinski definition) is 1. The van der Waals surface area contributed by atoms with E-state index in [1.807, 2.05) is 30.3 Å². The Morgan fingerprint density at radius 3 is 2.57 bits per heavy atom. The highest BCUT2D eigenvalue weighted by molar-refractivity contribution is 9.10. The van der Waals surface area contributed by atoms with Crippen LogP contribution in [0.25, 0.3) is 0 Å². The van der Waals surface area contributed by atoms with Gasteiger partial charge in [-0.2, -0.15) is 4.98 Å². The van der Waals surface area contributed by atoms with Gasteiger partial charge in [0.15, 0.2) is 11.5 Å². The van der Waals surface area contributed by atoms with Crippen molar-refractivity contribution < 1.29 is 19.0 Å². The summed E-state index contributed by atoms with van der Waals surface area (Å²) < 4.78 is 19.3. The largest absolute Gasteiger partial charge is 0.493 e. The first-order chi connectivity index (χ1) is 20.2. The van der Waals surface area contributed by atoms with Crippen LogP contribution < -0.4 is 14.8 Å². The van der Waals surface area contributed by atoms with Crippen molar-refractivity contribution in [3.05, 3.63) is 102 Å². The number of thioether (sulfide) groups is 1. The molecule has 42 heavy (non-hydrogen) atoms. The first-order valence-electron chi connectivity index (χ1n) is 12.5. The summed E-state index contributed by atoms with van der Waals surface area (Å²) in [5.41, 5.74) is 3.41. The molecule has 0 fully saturated rings. The van der Waals surface area contributed by atoms with Crippen LogP contribution in [0.15, 0.2) is 75.5 Å². The fourth-order valence-electron chi connectivity index (χ4n) is 4.46. The number of methoxy groups -OCH3 is 2. The third-order valence-electron chi connectivity index (χ3n) is 6.51. The number of carbonyl (C=O) groups is 1. The van der Waals surface area contributed by atoms with Gasteiger partial charge >= 0.3 is 5.97 Å². The van der Waals surface area contributed by atoms with E-state index in [-0.39, 0.29) is 6.61 Å². The SMILES string of the molecule is COC(=O)C1=C(C)Nc2nc(SCc3ccccc3Cl)nn2C1c1cc(Br)c(OCc2ccc(Cl)cc2Cl)c(OC)c1. The number of nitrogens with one attached hydrogen (secondary N) is 1. The van der Waals surface area contributed by atoms with Crippen LogP contribution in [0.5, 0.6) is 11.5 Å². The molecule has 8 nitrogen and oxygen atoms in total. The summed E-state index contributed by atoms with van der Waals surface area (Å²) in [7, 11) is 2.89. The zero-order valence-corrected chi connectivity index (χ0v) is 27.3. The minimum atomic E-state index is -0.666. The Morgan fingerprint density at radius 2 is 1.86 bits per heavy atom. The molecule has 1 N–H and O–H groups in total. The van der Waals surface area contributed by atoms with Crippen LogP contribution in [0, 0.1) is 0 Å². The minimum absolute atomic E-state index is 0.184. The van der Waals surface area contributed by atoms with Crippen molar-refractivity contribution in [3.8, 4) is 11.5 Å². The van der Waals surface area contributed by atoms with Crippen molar-refractivity contribution in [1.82, 2.24) is 14.8 Å². The van der Waals surface area contributed by atoms with Gasteiger partial charge in [-0.05, 0) is 64.3 Å². The Kier molecular flexibility index (Phi) is 9.59. The molecule has 3 aromatic carbocycles. The molecule has 0 spiro atoms. The van der Waals surface area contributed by atoms with Gasteiger partial charge in [-0.1, -0.05) is 70.8 Å². The smallest absolute Gasteiger partial charge is 0.338 e. The summed E-state index contributed by atoms with van der Waals surface area (Å²) in [5.74, 6) is 1.48. The van der Waals surface area contributed by atoms with Crippen LogP contribution in [0.3, 0.4) is 0 Å². The Bertz CT molecular complexity index is 1700. The number of anilines is 1. The number of esters is 1. The second kappa shape index (κ2) is 13.2. The van der Waals surface area contributed by atoms with E-state index in [0.717, 1.165) is 11.1 Å². The number of fused-ring (bicyclic) bond motifs is 1. The molecule has 2 heterocycles. The zero-order chi connectivity index (χ0) is 30.0. The predicted molar refractivity (Wildman–Crippen MR) is 169 cm³/mol. The lowest BCUT2D eigenvalue weighted by atomic mass is 9.95. The Labute approximate surface area is 270 Å². The summed E-state index contributed by atoms with van der Waals surface area (Å²) in [6.45, 7) is 1.98. The van der Waals surface area contributed by atoms with Gasteiger partial charge < -0.3 is 19.5 Å². The number of hydrogen-bond acceptors (Lipinski definition) is 8. The van der Waals surface area contributed by atoms with Gasteiger partial charge in [0, 0.05) is 32.1 Å². The monoisotopic (exact) mass is 708 g/mol. The summed E-state index contributed by atoms with van der Waals surface area (Å²) in [4.78, 5) is 17.7. The molecule has 0 radical (unpaired) electrons. The molecular formula is C29H24BrCl3N4O4S. The maximum absolute atomic E-state index is 13.1. The standard InChI is InChI=1S/C29H24BrCl3N4O4S/c1-15-24(27(38)40-3)25(37-28(34-15)35-29(36-37)42-14-17-6-4-5-7-21(17)32)18-10-20(30)26(23(11-18)39-2)41-13-16-8-9-19(31)12-22(16)33/h4-12,25H,13-14H2,1-3H3,(H,34,35,36). The molecular weight excluding hydrogens is 687 g/mol. The fraction of sp³-hybridized carbons (Fsp3) is 0.207. The van der Waals surface area contributed by atoms with Crippen molar-refractivity contribution in [2.45, 2.75) is 30.5 Å². The van der Waals surface area contributed by atoms with Crippen molar-refractivity contribution in [1.29, 1.82) is 0 Å². The topological polar surface area (TPSA) is 87.5 Å². The van der Waals surface area contributed by atoms with Crippen molar-refractivity contribution in [2.24, 2.45) is 0 Å². The van der Waals surface area contributed by atoms with Gasteiger partial charge in [0.1, 0.15) is 12.6 Å². The van der Waals surface area contributed by atoms with Crippen molar-refractivity contribution in [2.75, 3.05) is 19.5 Å². The average molecular weight is 711 g/mol. The third kappa shape index (κ3) is 6.38. The second-order valence-corrected chi connectivity index (χ2v) is 12.2. The van der Waals surface area contributed by atoms with E-state index in [2.05, 4.69) is 26.2 Å². The fourth-order valence-corrected chi connectivity index (χ4v) is 6.61. The molecule has 1 unspecified atom stereocenters. The summed E-state index contributed by atoms with van der Waals surface area (Å²) in [6, 6.07) is 15.8. The minimum Gasteiger partial charge on any atom is -0.493 e. The van der Waals surface area contributed by atoms with E-state index < -0.39 is 12.0 Å². The van der Waals surface area contributed by atoms with Crippen molar-refractivity contribution >= 4 is 74.4 Å². The Morgan fingerprint density at radius 1 is 1.07 bits per heavy atom. The maximum atomic E-state index is 13.1. The quantitative estimate of drug-likeness (QED) is 0.137. The average Bonchev–Trinajstić information content (AvgIpc) is 3.37. The van der Waals surface area contributed by atoms with E-state index in [4.69, 9.17) is 54.1 Å².